The summed E-state index contributed by atoms with van der Waals surface area (Å²) in [5.74, 6) is 0.255. The van der Waals surface area contributed by atoms with Gasteiger partial charge in [0.15, 0.2) is 0 Å². The summed E-state index contributed by atoms with van der Waals surface area (Å²) in [5, 5.41) is 19.9. The molecule has 0 saturated carbocycles. The molecular formula is C30H36N2O2. The van der Waals surface area contributed by atoms with Gasteiger partial charge in [-0.2, -0.15) is 0 Å². The van der Waals surface area contributed by atoms with E-state index in [-0.39, 0.29) is 12.4 Å². The molecule has 0 unspecified atom stereocenters. The van der Waals surface area contributed by atoms with Crippen molar-refractivity contribution in [3.05, 3.63) is 95.6 Å². The van der Waals surface area contributed by atoms with Crippen LogP contribution in [0.4, 0.5) is 5.69 Å². The van der Waals surface area contributed by atoms with Crippen LogP contribution in [0.15, 0.2) is 78.9 Å². The van der Waals surface area contributed by atoms with Crippen LogP contribution in [-0.2, 0) is 0 Å². The molecule has 0 aliphatic carbocycles. The van der Waals surface area contributed by atoms with Crippen LogP contribution >= 0.6 is 0 Å². The number of phenolic OH excluding ortho intramolecular Hbond substituents is 1. The van der Waals surface area contributed by atoms with E-state index in [0.29, 0.717) is 12.5 Å². The summed E-state index contributed by atoms with van der Waals surface area (Å²) in [6.07, 6.45) is 1.44. The molecule has 0 aromatic heterocycles. The average Bonchev–Trinajstić information content (AvgIpc) is 2.87. The highest BCUT2D eigenvalue weighted by Gasteiger charge is 2.20. The number of phenols is 1. The summed E-state index contributed by atoms with van der Waals surface area (Å²) in [5.41, 5.74) is 6.78. The molecule has 178 valence electrons. The van der Waals surface area contributed by atoms with Crippen molar-refractivity contribution >= 4 is 16.8 Å². The summed E-state index contributed by atoms with van der Waals surface area (Å²) < 4.78 is 0. The molecule has 3 aromatic rings. The second-order valence-electron chi connectivity index (χ2n) is 9.26. The Kier molecular flexibility index (Phi) is 8.04. The molecule has 0 amide bonds. The van der Waals surface area contributed by atoms with Gasteiger partial charge in [-0.3, -0.25) is 4.90 Å². The predicted molar refractivity (Wildman–Crippen MR) is 142 cm³/mol. The molecule has 3 aromatic carbocycles. The average molecular weight is 457 g/mol. The van der Waals surface area contributed by atoms with E-state index in [1.165, 1.54) is 11.3 Å². The van der Waals surface area contributed by atoms with Gasteiger partial charge in [-0.1, -0.05) is 54.6 Å². The van der Waals surface area contributed by atoms with Crippen molar-refractivity contribution in [2.45, 2.75) is 32.7 Å². The Morgan fingerprint density at radius 2 is 1.44 bits per heavy atom. The first-order valence-corrected chi connectivity index (χ1v) is 12.3. The molecule has 1 fully saturated rings. The summed E-state index contributed by atoms with van der Waals surface area (Å²) in [4.78, 5) is 5.00. The summed E-state index contributed by atoms with van der Waals surface area (Å²) >= 11 is 0. The molecule has 4 rings (SSSR count). The normalized spacial score (nSPS) is 15.5. The van der Waals surface area contributed by atoms with E-state index in [1.54, 1.807) is 6.07 Å². The zero-order chi connectivity index (χ0) is 23.9. The Balaban J connectivity index is 1.80. The molecule has 1 heterocycles. The van der Waals surface area contributed by atoms with Gasteiger partial charge in [0.25, 0.3) is 0 Å². The summed E-state index contributed by atoms with van der Waals surface area (Å²) in [7, 11) is 0. The van der Waals surface area contributed by atoms with Crippen LogP contribution in [0.25, 0.3) is 11.1 Å². The van der Waals surface area contributed by atoms with E-state index in [9.17, 15) is 10.2 Å². The SMILES string of the molecule is CC(C)N1CCN(c2cccc(C(=C(CCCO)c3ccccc3)c3cccc(O)c3)c2)CC1. The van der Waals surface area contributed by atoms with Crippen molar-refractivity contribution < 1.29 is 10.2 Å². The number of hydrogen-bond donors (Lipinski definition) is 2. The molecule has 2 N–H and O–H groups in total. The van der Waals surface area contributed by atoms with Crippen molar-refractivity contribution in [2.24, 2.45) is 0 Å². The van der Waals surface area contributed by atoms with Crippen molar-refractivity contribution in [1.29, 1.82) is 0 Å². The zero-order valence-electron chi connectivity index (χ0n) is 20.3. The maximum Gasteiger partial charge on any atom is 0.116 e. The molecule has 1 aliphatic rings. The Bertz CT molecular complexity index is 1100. The lowest BCUT2D eigenvalue weighted by Gasteiger charge is -2.38. The first-order chi connectivity index (χ1) is 16.6. The minimum absolute atomic E-state index is 0.143. The lowest BCUT2D eigenvalue weighted by molar-refractivity contribution is 0.209. The number of aliphatic hydroxyl groups excluding tert-OH is 1. The number of hydrogen-bond acceptors (Lipinski definition) is 4. The van der Waals surface area contributed by atoms with Gasteiger partial charge in [0.2, 0.25) is 0 Å². The van der Waals surface area contributed by atoms with Gasteiger partial charge in [-0.15, -0.1) is 0 Å². The fourth-order valence-electron chi connectivity index (χ4n) is 4.84. The lowest BCUT2D eigenvalue weighted by Crippen LogP contribution is -2.48. The van der Waals surface area contributed by atoms with Gasteiger partial charge >= 0.3 is 0 Å². The van der Waals surface area contributed by atoms with Crippen LogP contribution in [0.5, 0.6) is 5.75 Å². The molecule has 4 heteroatoms. The van der Waals surface area contributed by atoms with Gasteiger partial charge in [0.05, 0.1) is 0 Å². The zero-order valence-corrected chi connectivity index (χ0v) is 20.3. The fraction of sp³-hybridized carbons (Fsp3) is 0.333. The number of anilines is 1. The minimum atomic E-state index is 0.143. The smallest absolute Gasteiger partial charge is 0.116 e. The Labute approximate surface area is 203 Å². The first-order valence-electron chi connectivity index (χ1n) is 12.3. The van der Waals surface area contributed by atoms with Crippen molar-refractivity contribution in [3.8, 4) is 5.75 Å². The molecule has 4 nitrogen and oxygen atoms in total. The Morgan fingerprint density at radius 1 is 0.794 bits per heavy atom. The molecule has 1 saturated heterocycles. The third kappa shape index (κ3) is 5.69. The van der Waals surface area contributed by atoms with E-state index in [0.717, 1.165) is 54.9 Å². The van der Waals surface area contributed by atoms with Crippen molar-refractivity contribution in [2.75, 3.05) is 37.7 Å². The minimum Gasteiger partial charge on any atom is -0.508 e. The standard InChI is InChI=1S/C30H36N2O2/c1-23(2)31-16-18-32(19-17-31)27-13-6-11-25(21-27)30(26-12-7-14-28(34)22-26)29(15-8-20-33)24-9-4-3-5-10-24/h3-7,9-14,21-23,33-34H,8,15-20H2,1-2H3. The largest absolute Gasteiger partial charge is 0.508 e. The van der Waals surface area contributed by atoms with E-state index in [2.05, 4.69) is 78.2 Å². The molecular weight excluding hydrogens is 420 g/mol. The fourth-order valence-corrected chi connectivity index (χ4v) is 4.84. The van der Waals surface area contributed by atoms with Crippen LogP contribution < -0.4 is 4.90 Å². The topological polar surface area (TPSA) is 46.9 Å². The second kappa shape index (κ2) is 11.4. The third-order valence-electron chi connectivity index (χ3n) is 6.69. The monoisotopic (exact) mass is 456 g/mol. The molecule has 0 radical (unpaired) electrons. The van der Waals surface area contributed by atoms with Gasteiger partial charge in [-0.05, 0) is 78.8 Å². The Morgan fingerprint density at radius 3 is 2.09 bits per heavy atom. The molecule has 34 heavy (non-hydrogen) atoms. The van der Waals surface area contributed by atoms with Crippen LogP contribution in [0.2, 0.25) is 0 Å². The van der Waals surface area contributed by atoms with Crippen LogP contribution in [-0.4, -0.2) is 53.9 Å². The van der Waals surface area contributed by atoms with Gasteiger partial charge < -0.3 is 15.1 Å². The number of allylic oxidation sites excluding steroid dienone is 1. The number of piperazine rings is 1. The number of aromatic hydroxyl groups is 1. The van der Waals surface area contributed by atoms with Gasteiger partial charge in [0.1, 0.15) is 5.75 Å². The van der Waals surface area contributed by atoms with E-state index >= 15 is 0 Å². The van der Waals surface area contributed by atoms with E-state index in [1.807, 2.05) is 18.2 Å². The van der Waals surface area contributed by atoms with Gasteiger partial charge in [-0.25, -0.2) is 0 Å². The molecule has 1 aliphatic heterocycles. The maximum atomic E-state index is 10.3. The lowest BCUT2D eigenvalue weighted by atomic mass is 9.87. The number of nitrogens with zero attached hydrogens (tertiary/aromatic N) is 2. The van der Waals surface area contributed by atoms with Crippen LogP contribution in [0.3, 0.4) is 0 Å². The molecule has 0 bridgehead atoms. The second-order valence-corrected chi connectivity index (χ2v) is 9.26. The third-order valence-corrected chi connectivity index (χ3v) is 6.69. The summed E-state index contributed by atoms with van der Waals surface area (Å²) in [6, 6.07) is 27.3. The van der Waals surface area contributed by atoms with Crippen LogP contribution in [0, 0.1) is 0 Å². The first kappa shape index (κ1) is 24.1. The van der Waals surface area contributed by atoms with E-state index < -0.39 is 0 Å². The number of aliphatic hydroxyl groups is 1. The highest BCUT2D eigenvalue weighted by Crippen LogP contribution is 2.37. The van der Waals surface area contributed by atoms with Crippen molar-refractivity contribution in [1.82, 2.24) is 4.90 Å². The highest BCUT2D eigenvalue weighted by molar-refractivity contribution is 5.99. The van der Waals surface area contributed by atoms with E-state index in [4.69, 9.17) is 0 Å². The van der Waals surface area contributed by atoms with Crippen molar-refractivity contribution in [3.63, 3.8) is 0 Å². The molecule has 0 atom stereocenters. The predicted octanol–water partition coefficient (Wildman–Crippen LogP) is 5.65. The number of benzene rings is 3. The molecule has 0 spiro atoms. The summed E-state index contributed by atoms with van der Waals surface area (Å²) in [6.45, 7) is 8.85. The quantitative estimate of drug-likeness (QED) is 0.430. The highest BCUT2D eigenvalue weighted by atomic mass is 16.3. The Hall–Kier alpha value is -3.08. The van der Waals surface area contributed by atoms with Crippen LogP contribution in [0.1, 0.15) is 43.4 Å². The number of rotatable bonds is 8. The van der Waals surface area contributed by atoms with Gasteiger partial charge in [0, 0.05) is 44.5 Å². The maximum absolute atomic E-state index is 10.3.